The van der Waals surface area contributed by atoms with Crippen molar-refractivity contribution in [1.29, 1.82) is 0 Å². The molecule has 0 aliphatic carbocycles. The van der Waals surface area contributed by atoms with Crippen molar-refractivity contribution >= 4 is 34.5 Å². The number of nitrogens with one attached hydrogen (secondary N) is 1. The van der Waals surface area contributed by atoms with Crippen LogP contribution in [-0.4, -0.2) is 18.3 Å². The van der Waals surface area contributed by atoms with Crippen LogP contribution in [0.4, 0.5) is 17.1 Å². The van der Waals surface area contributed by atoms with Gasteiger partial charge in [0, 0.05) is 23.1 Å². The summed E-state index contributed by atoms with van der Waals surface area (Å²) in [5.41, 5.74) is 3.13. The van der Waals surface area contributed by atoms with Crippen LogP contribution < -0.4 is 10.2 Å². The Balaban J connectivity index is 2.16. The third kappa shape index (κ3) is 3.95. The molecular weight excluding hydrogens is 280 g/mol. The average molecular weight is 300 g/mol. The second-order valence-electron chi connectivity index (χ2n) is 4.97. The summed E-state index contributed by atoms with van der Waals surface area (Å²) in [5, 5.41) is 3.84. The standard InChI is InChI=1S/C17H20N2OS/c1-13(2)19(17(21)20-3)16-11-9-15(10-12-16)18-14-7-5-4-6-8-14/h4-13,18H,1-3H3. The van der Waals surface area contributed by atoms with E-state index in [9.17, 15) is 0 Å². The maximum absolute atomic E-state index is 5.26. The number of nitrogens with zero attached hydrogens (tertiary/aromatic N) is 1. The van der Waals surface area contributed by atoms with E-state index in [1.54, 1.807) is 7.11 Å². The van der Waals surface area contributed by atoms with Gasteiger partial charge in [0.2, 0.25) is 0 Å². The molecule has 110 valence electrons. The minimum atomic E-state index is 0.241. The Kier molecular flexibility index (Phi) is 5.17. The number of anilines is 3. The number of methoxy groups -OCH3 is 1. The Hall–Kier alpha value is -2.07. The maximum Gasteiger partial charge on any atom is 0.263 e. The largest absolute Gasteiger partial charge is 0.474 e. The molecule has 4 heteroatoms. The molecule has 1 N–H and O–H groups in total. The highest BCUT2D eigenvalue weighted by Crippen LogP contribution is 2.23. The zero-order valence-corrected chi connectivity index (χ0v) is 13.4. The Morgan fingerprint density at radius 2 is 1.57 bits per heavy atom. The Morgan fingerprint density at radius 1 is 1.00 bits per heavy atom. The van der Waals surface area contributed by atoms with Crippen LogP contribution in [0.15, 0.2) is 54.6 Å². The van der Waals surface area contributed by atoms with E-state index >= 15 is 0 Å². The van der Waals surface area contributed by atoms with Crippen LogP contribution in [0.3, 0.4) is 0 Å². The normalized spacial score (nSPS) is 10.3. The van der Waals surface area contributed by atoms with Crippen molar-refractivity contribution in [2.75, 3.05) is 17.3 Å². The molecule has 2 aromatic carbocycles. The minimum Gasteiger partial charge on any atom is -0.474 e. The lowest BCUT2D eigenvalue weighted by Crippen LogP contribution is -2.36. The Morgan fingerprint density at radius 3 is 2.10 bits per heavy atom. The van der Waals surface area contributed by atoms with Crippen molar-refractivity contribution in [3.8, 4) is 0 Å². The fraction of sp³-hybridized carbons (Fsp3) is 0.235. The fourth-order valence-electron chi connectivity index (χ4n) is 2.11. The Labute approximate surface area is 131 Å². The Bertz CT molecular complexity index is 581. The summed E-state index contributed by atoms with van der Waals surface area (Å²) < 4.78 is 5.20. The second-order valence-corrected chi connectivity index (χ2v) is 5.32. The van der Waals surface area contributed by atoms with Crippen molar-refractivity contribution in [2.24, 2.45) is 0 Å². The van der Waals surface area contributed by atoms with Crippen LogP contribution in [0.25, 0.3) is 0 Å². The highest BCUT2D eigenvalue weighted by atomic mass is 32.1. The van der Waals surface area contributed by atoms with Gasteiger partial charge < -0.3 is 15.0 Å². The molecule has 0 unspecified atom stereocenters. The third-order valence-electron chi connectivity index (χ3n) is 3.10. The van der Waals surface area contributed by atoms with Gasteiger partial charge in [0.25, 0.3) is 5.17 Å². The molecular formula is C17H20N2OS. The molecule has 0 amide bonds. The molecule has 0 bridgehead atoms. The SMILES string of the molecule is COC(=S)N(c1ccc(Nc2ccccc2)cc1)C(C)C. The van der Waals surface area contributed by atoms with Crippen LogP contribution in [0, 0.1) is 0 Å². The van der Waals surface area contributed by atoms with Crippen LogP contribution >= 0.6 is 12.2 Å². The number of para-hydroxylation sites is 1. The predicted molar refractivity (Wildman–Crippen MR) is 93.4 cm³/mol. The molecule has 0 radical (unpaired) electrons. The lowest BCUT2D eigenvalue weighted by molar-refractivity contribution is 0.399. The van der Waals surface area contributed by atoms with Crippen LogP contribution in [0.5, 0.6) is 0 Å². The first-order chi connectivity index (χ1) is 10.1. The van der Waals surface area contributed by atoms with E-state index in [-0.39, 0.29) is 6.04 Å². The summed E-state index contributed by atoms with van der Waals surface area (Å²) in [5.74, 6) is 0. The van der Waals surface area contributed by atoms with Gasteiger partial charge in [-0.05, 0) is 62.5 Å². The lowest BCUT2D eigenvalue weighted by Gasteiger charge is -2.28. The van der Waals surface area contributed by atoms with Gasteiger partial charge >= 0.3 is 0 Å². The van der Waals surface area contributed by atoms with E-state index in [2.05, 4.69) is 19.2 Å². The highest BCUT2D eigenvalue weighted by Gasteiger charge is 2.15. The first-order valence-corrected chi connectivity index (χ1v) is 7.32. The van der Waals surface area contributed by atoms with Gasteiger partial charge in [-0.25, -0.2) is 0 Å². The molecule has 0 heterocycles. The highest BCUT2D eigenvalue weighted by molar-refractivity contribution is 7.80. The molecule has 0 aromatic heterocycles. The second kappa shape index (κ2) is 7.09. The van der Waals surface area contributed by atoms with E-state index in [1.807, 2.05) is 59.5 Å². The number of ether oxygens (including phenoxy) is 1. The summed E-state index contributed by atoms with van der Waals surface area (Å²) in [6.45, 7) is 4.17. The molecule has 0 aliphatic heterocycles. The molecule has 0 fully saturated rings. The molecule has 0 spiro atoms. The molecule has 2 rings (SSSR count). The van der Waals surface area contributed by atoms with Crippen molar-refractivity contribution in [3.05, 3.63) is 54.6 Å². The topological polar surface area (TPSA) is 24.5 Å². The van der Waals surface area contributed by atoms with Crippen molar-refractivity contribution in [3.63, 3.8) is 0 Å². The maximum atomic E-state index is 5.26. The van der Waals surface area contributed by atoms with Crippen molar-refractivity contribution in [2.45, 2.75) is 19.9 Å². The van der Waals surface area contributed by atoms with Gasteiger partial charge in [-0.1, -0.05) is 18.2 Å². The summed E-state index contributed by atoms with van der Waals surface area (Å²) in [6, 6.07) is 18.5. The van der Waals surface area contributed by atoms with Crippen molar-refractivity contribution < 1.29 is 4.74 Å². The zero-order valence-electron chi connectivity index (χ0n) is 12.5. The third-order valence-corrected chi connectivity index (χ3v) is 3.46. The molecule has 2 aromatic rings. The lowest BCUT2D eigenvalue weighted by atomic mass is 10.2. The first kappa shape index (κ1) is 15.3. The smallest absolute Gasteiger partial charge is 0.263 e. The quantitative estimate of drug-likeness (QED) is 0.836. The van der Waals surface area contributed by atoms with Gasteiger partial charge in [-0.15, -0.1) is 0 Å². The fourth-order valence-corrected chi connectivity index (χ4v) is 2.42. The van der Waals surface area contributed by atoms with Gasteiger partial charge in [-0.2, -0.15) is 0 Å². The van der Waals surface area contributed by atoms with E-state index in [4.69, 9.17) is 17.0 Å². The van der Waals surface area contributed by atoms with Gasteiger partial charge in [-0.3, -0.25) is 0 Å². The minimum absolute atomic E-state index is 0.241. The summed E-state index contributed by atoms with van der Waals surface area (Å²) >= 11 is 5.26. The number of thiocarbonyl (C=S) groups is 1. The molecule has 0 aliphatic rings. The number of hydrogen-bond donors (Lipinski definition) is 1. The zero-order chi connectivity index (χ0) is 15.2. The molecule has 0 saturated carbocycles. The summed E-state index contributed by atoms with van der Waals surface area (Å²) in [4.78, 5) is 1.99. The number of rotatable bonds is 4. The van der Waals surface area contributed by atoms with Crippen LogP contribution in [-0.2, 0) is 4.74 Å². The first-order valence-electron chi connectivity index (χ1n) is 6.91. The molecule has 0 atom stereocenters. The van der Waals surface area contributed by atoms with E-state index in [0.717, 1.165) is 17.1 Å². The molecule has 0 saturated heterocycles. The van der Waals surface area contributed by atoms with E-state index in [1.165, 1.54) is 0 Å². The van der Waals surface area contributed by atoms with Crippen molar-refractivity contribution in [1.82, 2.24) is 0 Å². The van der Waals surface area contributed by atoms with Crippen LogP contribution in [0.2, 0.25) is 0 Å². The van der Waals surface area contributed by atoms with E-state index < -0.39 is 0 Å². The average Bonchev–Trinajstić information content (AvgIpc) is 2.49. The van der Waals surface area contributed by atoms with Gasteiger partial charge in [0.1, 0.15) is 0 Å². The summed E-state index contributed by atoms with van der Waals surface area (Å²) in [7, 11) is 1.60. The van der Waals surface area contributed by atoms with Gasteiger partial charge in [0.15, 0.2) is 0 Å². The van der Waals surface area contributed by atoms with Gasteiger partial charge in [0.05, 0.1) is 7.11 Å². The predicted octanol–water partition coefficient (Wildman–Crippen LogP) is 4.58. The summed E-state index contributed by atoms with van der Waals surface area (Å²) in [6.07, 6.45) is 0. The monoisotopic (exact) mass is 300 g/mol. The molecule has 3 nitrogen and oxygen atoms in total. The number of hydrogen-bond acceptors (Lipinski definition) is 3. The van der Waals surface area contributed by atoms with E-state index in [0.29, 0.717) is 5.17 Å². The number of benzene rings is 2. The van der Waals surface area contributed by atoms with Crippen LogP contribution in [0.1, 0.15) is 13.8 Å². The molecule has 21 heavy (non-hydrogen) atoms.